The molecule has 3 heteroatoms. The van der Waals surface area contributed by atoms with E-state index in [0.29, 0.717) is 6.61 Å². The van der Waals surface area contributed by atoms with Crippen molar-refractivity contribution in [1.29, 1.82) is 0 Å². The number of hydrogen-bond donors (Lipinski definition) is 1. The minimum absolute atomic E-state index is 0. The van der Waals surface area contributed by atoms with Crippen LogP contribution in [0.15, 0.2) is 0 Å². The number of rotatable bonds is 0. The molecule has 1 heterocycles. The molecule has 0 bridgehead atoms. The normalized spacial score (nSPS) is 25.9. The first kappa shape index (κ1) is 8.77. The number of nitrogens with one attached hydrogen (secondary N) is 1. The van der Waals surface area contributed by atoms with Crippen LogP contribution in [0, 0.1) is 12.3 Å². The fourth-order valence-corrected chi connectivity index (χ4v) is 0.672. The summed E-state index contributed by atoms with van der Waals surface area (Å²) < 4.78 is 5.07. The van der Waals surface area contributed by atoms with E-state index in [1.165, 1.54) is 0 Å². The Hall–Kier alpha value is -0.230. The van der Waals surface area contributed by atoms with Gasteiger partial charge in [-0.25, -0.2) is 0 Å². The van der Waals surface area contributed by atoms with Crippen molar-refractivity contribution in [2.24, 2.45) is 0 Å². The molecule has 1 atom stereocenters. The highest BCUT2D eigenvalue weighted by atomic mass is 35.5. The third kappa shape index (κ3) is 2.71. The van der Waals surface area contributed by atoms with Crippen LogP contribution >= 0.6 is 12.4 Å². The van der Waals surface area contributed by atoms with Crippen molar-refractivity contribution in [2.75, 3.05) is 19.8 Å². The highest BCUT2D eigenvalue weighted by Crippen LogP contribution is 1.88. The van der Waals surface area contributed by atoms with Gasteiger partial charge in [0.15, 0.2) is 0 Å². The summed E-state index contributed by atoms with van der Waals surface area (Å²) >= 11 is 0. The predicted molar refractivity (Wildman–Crippen MR) is 38.7 cm³/mol. The van der Waals surface area contributed by atoms with Gasteiger partial charge in [0.1, 0.15) is 0 Å². The Morgan fingerprint density at radius 1 is 1.67 bits per heavy atom. The SMILES string of the molecule is C#C[C@@H]1COCCN1.Cl. The van der Waals surface area contributed by atoms with Gasteiger partial charge in [-0.1, -0.05) is 5.92 Å². The second-order valence-corrected chi connectivity index (χ2v) is 1.75. The van der Waals surface area contributed by atoms with E-state index in [0.717, 1.165) is 13.2 Å². The maximum atomic E-state index is 5.11. The molecule has 0 radical (unpaired) electrons. The van der Waals surface area contributed by atoms with E-state index in [-0.39, 0.29) is 18.4 Å². The zero-order valence-electron chi connectivity index (χ0n) is 5.09. The third-order valence-corrected chi connectivity index (χ3v) is 1.12. The van der Waals surface area contributed by atoms with Crippen LogP contribution in [0.1, 0.15) is 0 Å². The molecular formula is C6H10ClNO. The average Bonchev–Trinajstić information content (AvgIpc) is 1.90. The molecule has 2 nitrogen and oxygen atoms in total. The lowest BCUT2D eigenvalue weighted by Gasteiger charge is -2.18. The van der Waals surface area contributed by atoms with Gasteiger partial charge in [0.25, 0.3) is 0 Å². The Morgan fingerprint density at radius 3 is 2.78 bits per heavy atom. The Kier molecular flexibility index (Phi) is 4.51. The van der Waals surface area contributed by atoms with Gasteiger partial charge in [-0.05, 0) is 0 Å². The van der Waals surface area contributed by atoms with E-state index in [1.54, 1.807) is 0 Å². The summed E-state index contributed by atoms with van der Waals surface area (Å²) in [4.78, 5) is 0. The van der Waals surface area contributed by atoms with Crippen LogP contribution in [-0.2, 0) is 4.74 Å². The minimum atomic E-state index is 0. The fraction of sp³-hybridized carbons (Fsp3) is 0.667. The van der Waals surface area contributed by atoms with E-state index in [2.05, 4.69) is 11.2 Å². The zero-order valence-corrected chi connectivity index (χ0v) is 5.91. The van der Waals surface area contributed by atoms with Gasteiger partial charge in [0.2, 0.25) is 0 Å². The average molecular weight is 148 g/mol. The van der Waals surface area contributed by atoms with E-state index in [4.69, 9.17) is 11.2 Å². The zero-order chi connectivity index (χ0) is 5.82. The lowest BCUT2D eigenvalue weighted by Crippen LogP contribution is -2.39. The monoisotopic (exact) mass is 147 g/mol. The van der Waals surface area contributed by atoms with Crippen molar-refractivity contribution in [3.8, 4) is 12.3 Å². The predicted octanol–water partition coefficient (Wildman–Crippen LogP) is 0.0298. The summed E-state index contributed by atoms with van der Waals surface area (Å²) in [5.74, 6) is 2.57. The first-order valence-corrected chi connectivity index (χ1v) is 2.71. The Morgan fingerprint density at radius 2 is 2.44 bits per heavy atom. The molecule has 1 N–H and O–H groups in total. The Bertz CT molecular complexity index is 104. The molecule has 9 heavy (non-hydrogen) atoms. The topological polar surface area (TPSA) is 21.3 Å². The smallest absolute Gasteiger partial charge is 0.0924 e. The third-order valence-electron chi connectivity index (χ3n) is 1.12. The number of morpholine rings is 1. The largest absolute Gasteiger partial charge is 0.377 e. The van der Waals surface area contributed by atoms with Crippen LogP contribution in [0.3, 0.4) is 0 Å². The highest BCUT2D eigenvalue weighted by molar-refractivity contribution is 5.85. The van der Waals surface area contributed by atoms with Crippen LogP contribution in [-0.4, -0.2) is 25.8 Å². The maximum absolute atomic E-state index is 5.11. The Labute approximate surface area is 61.4 Å². The fourth-order valence-electron chi connectivity index (χ4n) is 0.672. The van der Waals surface area contributed by atoms with E-state index < -0.39 is 0 Å². The summed E-state index contributed by atoms with van der Waals surface area (Å²) in [6, 6.07) is 0.142. The van der Waals surface area contributed by atoms with Crippen LogP contribution in [0.2, 0.25) is 0 Å². The molecule has 1 aliphatic heterocycles. The number of terminal acetylenes is 1. The summed E-state index contributed by atoms with van der Waals surface area (Å²) in [7, 11) is 0. The lowest BCUT2D eigenvalue weighted by molar-refractivity contribution is 0.0926. The van der Waals surface area contributed by atoms with Gasteiger partial charge < -0.3 is 4.74 Å². The van der Waals surface area contributed by atoms with Crippen LogP contribution in [0.5, 0.6) is 0 Å². The molecule has 1 rings (SSSR count). The second kappa shape index (κ2) is 4.63. The molecule has 1 fully saturated rings. The van der Waals surface area contributed by atoms with Gasteiger partial charge in [0, 0.05) is 6.54 Å². The molecule has 0 amide bonds. The number of halogens is 1. The van der Waals surface area contributed by atoms with Crippen molar-refractivity contribution in [1.82, 2.24) is 5.32 Å². The molecule has 0 unspecified atom stereocenters. The summed E-state index contributed by atoms with van der Waals surface area (Å²) in [6.07, 6.45) is 5.11. The summed E-state index contributed by atoms with van der Waals surface area (Å²) in [6.45, 7) is 2.34. The van der Waals surface area contributed by atoms with Gasteiger partial charge >= 0.3 is 0 Å². The number of hydrogen-bond acceptors (Lipinski definition) is 2. The maximum Gasteiger partial charge on any atom is 0.0924 e. The van der Waals surface area contributed by atoms with Crippen molar-refractivity contribution < 1.29 is 4.74 Å². The van der Waals surface area contributed by atoms with E-state index >= 15 is 0 Å². The summed E-state index contributed by atoms with van der Waals surface area (Å²) in [5, 5.41) is 3.11. The molecule has 0 aliphatic carbocycles. The minimum Gasteiger partial charge on any atom is -0.377 e. The second-order valence-electron chi connectivity index (χ2n) is 1.75. The first-order chi connectivity index (χ1) is 3.93. The molecule has 0 aromatic rings. The van der Waals surface area contributed by atoms with E-state index in [9.17, 15) is 0 Å². The molecular weight excluding hydrogens is 138 g/mol. The molecule has 0 aromatic heterocycles. The van der Waals surface area contributed by atoms with Crippen molar-refractivity contribution in [3.05, 3.63) is 0 Å². The molecule has 0 spiro atoms. The standard InChI is InChI=1S/C6H9NO.ClH/c1-2-6-5-8-4-3-7-6;/h1,6-7H,3-5H2;1H/t6-;/m1./s1. The number of ether oxygens (including phenoxy) is 1. The van der Waals surface area contributed by atoms with Gasteiger partial charge in [-0.15, -0.1) is 18.8 Å². The van der Waals surface area contributed by atoms with Crippen molar-refractivity contribution in [3.63, 3.8) is 0 Å². The summed E-state index contributed by atoms with van der Waals surface area (Å²) in [5.41, 5.74) is 0. The van der Waals surface area contributed by atoms with Crippen molar-refractivity contribution in [2.45, 2.75) is 6.04 Å². The van der Waals surface area contributed by atoms with Gasteiger partial charge in [-0.3, -0.25) is 5.32 Å². The molecule has 52 valence electrons. The van der Waals surface area contributed by atoms with Gasteiger partial charge in [0.05, 0.1) is 19.3 Å². The highest BCUT2D eigenvalue weighted by Gasteiger charge is 2.07. The molecule has 1 aliphatic rings. The van der Waals surface area contributed by atoms with Crippen LogP contribution in [0.4, 0.5) is 0 Å². The molecule has 0 saturated carbocycles. The van der Waals surface area contributed by atoms with Crippen LogP contribution < -0.4 is 5.32 Å². The van der Waals surface area contributed by atoms with Crippen molar-refractivity contribution >= 4 is 12.4 Å². The van der Waals surface area contributed by atoms with E-state index in [1.807, 2.05) is 0 Å². The van der Waals surface area contributed by atoms with Gasteiger partial charge in [-0.2, -0.15) is 0 Å². The lowest BCUT2D eigenvalue weighted by atomic mass is 10.3. The first-order valence-electron chi connectivity index (χ1n) is 2.71. The van der Waals surface area contributed by atoms with Crippen LogP contribution in [0.25, 0.3) is 0 Å². The Balaban J connectivity index is 0.000000640. The quantitative estimate of drug-likeness (QED) is 0.489. The molecule has 1 saturated heterocycles. The molecule has 0 aromatic carbocycles.